The summed E-state index contributed by atoms with van der Waals surface area (Å²) in [6.45, 7) is 3.77. The molecule has 1 aliphatic rings. The monoisotopic (exact) mass is 728 g/mol. The van der Waals surface area contributed by atoms with Crippen LogP contribution in [-0.2, 0) is 28.2 Å². The van der Waals surface area contributed by atoms with Gasteiger partial charge in [-0.1, -0.05) is 128 Å². The summed E-state index contributed by atoms with van der Waals surface area (Å²) in [5, 5.41) is 20.6. The van der Waals surface area contributed by atoms with Gasteiger partial charge in [-0.15, -0.1) is 0 Å². The molecule has 0 unspecified atom stereocenters. The third kappa shape index (κ3) is 25.2. The van der Waals surface area contributed by atoms with Crippen LogP contribution in [-0.4, -0.2) is 63.3 Å². The molecular formula is C39H69O10P. The molecular weight excluding hydrogens is 659 g/mol. The van der Waals surface area contributed by atoms with Crippen LogP contribution in [0.4, 0.5) is 0 Å². The maximum absolute atomic E-state index is 12.5. The molecule has 0 aromatic rings. The minimum Gasteiger partial charge on any atom is -0.498 e. The molecule has 0 heterocycles. The maximum atomic E-state index is 12.5. The van der Waals surface area contributed by atoms with Crippen molar-refractivity contribution in [1.82, 2.24) is 0 Å². The van der Waals surface area contributed by atoms with Gasteiger partial charge in [0.25, 0.3) is 0 Å². The Morgan fingerprint density at radius 3 is 2.08 bits per heavy atom. The number of unbranched alkanes of at least 4 members (excludes halogenated alkanes) is 15. The standard InChI is InChI=1S/C39H69O10P/c1-3-5-7-8-9-10-11-12-13-14-15-16-19-23-29-47-31-34(32-48-50(44,45)46)49-39(43)26-22-18-17-21-25-35-36(38(42)30-37(35)41)28-27-33(40)24-20-6-4-2/h17,21,23,27-29,33-36,38,40,42H,3-16,18-20,22,24-26,30-32H2,1-2H3,(H2,44,45,46)/b21-17-,28-27+,29-23+/t33-,34+,35+,36+,38+/m0/s1. The van der Waals surface area contributed by atoms with Crippen molar-refractivity contribution in [2.45, 2.75) is 173 Å². The summed E-state index contributed by atoms with van der Waals surface area (Å²) in [6.07, 6.45) is 30.1. The molecule has 1 fully saturated rings. The van der Waals surface area contributed by atoms with Gasteiger partial charge in [0.2, 0.25) is 0 Å². The average molecular weight is 729 g/mol. The van der Waals surface area contributed by atoms with Crippen LogP contribution < -0.4 is 0 Å². The van der Waals surface area contributed by atoms with Crippen LogP contribution in [0.5, 0.6) is 0 Å². The zero-order valence-electron chi connectivity index (χ0n) is 31.0. The Hall–Kier alpha value is -1.81. The highest BCUT2D eigenvalue weighted by Gasteiger charge is 2.39. The fourth-order valence-corrected chi connectivity index (χ4v) is 6.51. The SMILES string of the molecule is CCCCCCCCCCCCCC/C=C/OC[C@H](COP(=O)(O)O)OC(=O)CCC/C=C\C[C@H]1C(=O)C[C@@H](O)[C@@H]1/C=C/[C@@H](O)CCCCC. The minimum atomic E-state index is -4.74. The van der Waals surface area contributed by atoms with Gasteiger partial charge in [0.1, 0.15) is 12.4 Å². The number of rotatable bonds is 32. The maximum Gasteiger partial charge on any atom is 0.469 e. The van der Waals surface area contributed by atoms with E-state index >= 15 is 0 Å². The van der Waals surface area contributed by atoms with E-state index in [-0.39, 0.29) is 37.1 Å². The van der Waals surface area contributed by atoms with Crippen LogP contribution in [0, 0.1) is 11.8 Å². The molecule has 50 heavy (non-hydrogen) atoms. The van der Waals surface area contributed by atoms with Gasteiger partial charge in [-0.2, -0.15) is 0 Å². The second-order valence-electron chi connectivity index (χ2n) is 13.8. The molecule has 0 radical (unpaired) electrons. The summed E-state index contributed by atoms with van der Waals surface area (Å²) in [5.41, 5.74) is 0. The molecule has 0 amide bonds. The molecule has 0 aromatic heterocycles. The largest absolute Gasteiger partial charge is 0.498 e. The molecule has 0 saturated heterocycles. The van der Waals surface area contributed by atoms with E-state index in [0.717, 1.165) is 38.5 Å². The Balaban J connectivity index is 2.32. The van der Waals surface area contributed by atoms with Gasteiger partial charge in [-0.25, -0.2) is 4.57 Å². The number of esters is 1. The summed E-state index contributed by atoms with van der Waals surface area (Å²) in [7, 11) is -4.74. The van der Waals surface area contributed by atoms with E-state index in [0.29, 0.717) is 25.7 Å². The summed E-state index contributed by atoms with van der Waals surface area (Å²) in [6, 6.07) is 0. The van der Waals surface area contributed by atoms with Crippen LogP contribution >= 0.6 is 7.82 Å². The van der Waals surface area contributed by atoms with Crippen LogP contribution in [0.3, 0.4) is 0 Å². The van der Waals surface area contributed by atoms with Gasteiger partial charge in [-0.05, 0) is 44.6 Å². The molecule has 0 bridgehead atoms. The van der Waals surface area contributed by atoms with E-state index in [2.05, 4.69) is 18.4 Å². The van der Waals surface area contributed by atoms with E-state index < -0.39 is 38.7 Å². The Bertz CT molecular complexity index is 1010. The zero-order chi connectivity index (χ0) is 36.9. The lowest BCUT2D eigenvalue weighted by molar-refractivity contribution is -0.153. The Morgan fingerprint density at radius 2 is 1.44 bits per heavy atom. The molecule has 0 aliphatic heterocycles. The molecule has 1 aliphatic carbocycles. The van der Waals surface area contributed by atoms with E-state index in [4.69, 9.17) is 19.3 Å². The predicted octanol–water partition coefficient (Wildman–Crippen LogP) is 8.81. The van der Waals surface area contributed by atoms with Gasteiger partial charge in [0.15, 0.2) is 6.10 Å². The Kier molecular flexibility index (Phi) is 27.5. The second kappa shape index (κ2) is 29.7. The molecule has 0 aromatic carbocycles. The van der Waals surface area contributed by atoms with Crippen molar-refractivity contribution < 1.29 is 48.2 Å². The highest BCUT2D eigenvalue weighted by atomic mass is 31.2. The topological polar surface area (TPSA) is 160 Å². The molecule has 10 nitrogen and oxygen atoms in total. The van der Waals surface area contributed by atoms with Gasteiger partial charge in [0, 0.05) is 24.7 Å². The summed E-state index contributed by atoms with van der Waals surface area (Å²) in [5.74, 6) is -1.20. The number of phosphoric acid groups is 1. The number of hydrogen-bond donors (Lipinski definition) is 4. The van der Waals surface area contributed by atoms with E-state index in [9.17, 15) is 24.4 Å². The van der Waals surface area contributed by atoms with Crippen LogP contribution in [0.1, 0.15) is 155 Å². The Morgan fingerprint density at radius 1 is 0.840 bits per heavy atom. The summed E-state index contributed by atoms with van der Waals surface area (Å²) >= 11 is 0. The number of aliphatic hydroxyl groups is 2. The van der Waals surface area contributed by atoms with Crippen molar-refractivity contribution in [3.63, 3.8) is 0 Å². The fraction of sp³-hybridized carbons (Fsp3) is 0.795. The molecule has 290 valence electrons. The lowest BCUT2D eigenvalue weighted by Crippen LogP contribution is -2.27. The zero-order valence-corrected chi connectivity index (χ0v) is 31.9. The minimum absolute atomic E-state index is 0.00539. The number of carbonyl (C=O) groups excluding carboxylic acids is 2. The molecule has 11 heteroatoms. The van der Waals surface area contributed by atoms with Gasteiger partial charge in [-0.3, -0.25) is 14.1 Å². The number of aliphatic hydroxyl groups excluding tert-OH is 2. The first-order valence-electron chi connectivity index (χ1n) is 19.5. The summed E-state index contributed by atoms with van der Waals surface area (Å²) < 4.78 is 26.6. The molecule has 1 saturated carbocycles. The third-order valence-corrected chi connectivity index (χ3v) is 9.61. The number of Topliss-reactive ketones (excluding diaryl/α,β-unsaturated/α-hetero) is 1. The number of hydrogen-bond acceptors (Lipinski definition) is 8. The van der Waals surface area contributed by atoms with Gasteiger partial charge >= 0.3 is 13.8 Å². The lowest BCUT2D eigenvalue weighted by atomic mass is 9.90. The van der Waals surface area contributed by atoms with Crippen molar-refractivity contribution in [1.29, 1.82) is 0 Å². The first-order valence-corrected chi connectivity index (χ1v) is 21.0. The van der Waals surface area contributed by atoms with Crippen molar-refractivity contribution in [2.24, 2.45) is 11.8 Å². The Labute approximate surface area is 302 Å². The average Bonchev–Trinajstić information content (AvgIpc) is 3.34. The number of ether oxygens (including phenoxy) is 2. The van der Waals surface area contributed by atoms with Crippen LogP contribution in [0.2, 0.25) is 0 Å². The smallest absolute Gasteiger partial charge is 0.469 e. The lowest BCUT2D eigenvalue weighted by Gasteiger charge is -2.18. The second-order valence-corrected chi connectivity index (χ2v) is 15.0. The van der Waals surface area contributed by atoms with Crippen molar-refractivity contribution in [2.75, 3.05) is 13.2 Å². The fourth-order valence-electron chi connectivity index (χ4n) is 6.15. The van der Waals surface area contributed by atoms with E-state index in [1.54, 1.807) is 12.2 Å². The summed E-state index contributed by atoms with van der Waals surface area (Å²) in [4.78, 5) is 43.1. The van der Waals surface area contributed by atoms with E-state index in [1.165, 1.54) is 70.5 Å². The van der Waals surface area contributed by atoms with Gasteiger partial charge < -0.3 is 29.5 Å². The number of carbonyl (C=O) groups is 2. The molecule has 4 N–H and O–H groups in total. The van der Waals surface area contributed by atoms with Crippen LogP contribution in [0.25, 0.3) is 0 Å². The highest BCUT2D eigenvalue weighted by molar-refractivity contribution is 7.46. The normalized spacial score (nSPS) is 19.6. The number of phosphoric ester groups is 1. The predicted molar refractivity (Wildman–Crippen MR) is 198 cm³/mol. The van der Waals surface area contributed by atoms with Crippen molar-refractivity contribution in [3.05, 3.63) is 36.6 Å². The van der Waals surface area contributed by atoms with Gasteiger partial charge in [0.05, 0.1) is 25.1 Å². The van der Waals surface area contributed by atoms with E-state index in [1.807, 2.05) is 18.2 Å². The third-order valence-electron chi connectivity index (χ3n) is 9.13. The first kappa shape index (κ1) is 46.2. The number of allylic oxidation sites excluding steroid dienone is 3. The number of ketones is 1. The van der Waals surface area contributed by atoms with Crippen LogP contribution in [0.15, 0.2) is 36.6 Å². The molecule has 1 rings (SSSR count). The van der Waals surface area contributed by atoms with Crippen molar-refractivity contribution in [3.8, 4) is 0 Å². The molecule has 5 atom stereocenters. The molecule has 0 spiro atoms. The quantitative estimate of drug-likeness (QED) is 0.0173. The first-order chi connectivity index (χ1) is 24.1. The highest BCUT2D eigenvalue weighted by Crippen LogP contribution is 2.36. The van der Waals surface area contributed by atoms with Crippen molar-refractivity contribution >= 4 is 19.6 Å².